The number of ether oxygens (including phenoxy) is 1. The number of hydrogen-bond acceptors (Lipinski definition) is 3. The second kappa shape index (κ2) is 6.98. The van der Waals surface area contributed by atoms with Crippen molar-refractivity contribution >= 4 is 17.3 Å². The summed E-state index contributed by atoms with van der Waals surface area (Å²) in [4.78, 5) is 12.3. The first-order valence-electron chi connectivity index (χ1n) is 7.28. The van der Waals surface area contributed by atoms with Crippen LogP contribution in [0, 0.1) is 13.8 Å². The first-order chi connectivity index (χ1) is 10.5. The number of benzene rings is 2. The number of carbonyl (C=O) groups excluding carboxylic acids is 1. The van der Waals surface area contributed by atoms with E-state index in [0.717, 1.165) is 28.3 Å². The molecular weight excluding hydrogens is 276 g/mol. The standard InChI is InChI=1S/C18H22N2O2/c1-12-8-9-13(2)17(10-12)20-18(21)14(3)19-15-6-5-7-16(11-15)22-4/h5-11,14,19H,1-4H3,(H,20,21). The third-order valence-electron chi connectivity index (χ3n) is 3.50. The van der Waals surface area contributed by atoms with Crippen molar-refractivity contribution in [3.8, 4) is 5.75 Å². The molecule has 0 saturated heterocycles. The summed E-state index contributed by atoms with van der Waals surface area (Å²) in [6, 6.07) is 13.2. The number of rotatable bonds is 5. The zero-order valence-corrected chi connectivity index (χ0v) is 13.4. The first-order valence-corrected chi connectivity index (χ1v) is 7.28. The van der Waals surface area contributed by atoms with Gasteiger partial charge in [0.05, 0.1) is 7.11 Å². The van der Waals surface area contributed by atoms with Gasteiger partial charge in [-0.3, -0.25) is 4.79 Å². The molecule has 2 rings (SSSR count). The Morgan fingerprint density at radius 3 is 2.64 bits per heavy atom. The molecule has 0 spiro atoms. The van der Waals surface area contributed by atoms with Gasteiger partial charge < -0.3 is 15.4 Å². The van der Waals surface area contributed by atoms with Gasteiger partial charge in [0.2, 0.25) is 5.91 Å². The van der Waals surface area contributed by atoms with E-state index in [0.29, 0.717) is 0 Å². The molecule has 0 aliphatic carbocycles. The lowest BCUT2D eigenvalue weighted by atomic mass is 10.1. The van der Waals surface area contributed by atoms with Gasteiger partial charge in [0.25, 0.3) is 0 Å². The van der Waals surface area contributed by atoms with Crippen molar-refractivity contribution in [2.45, 2.75) is 26.8 Å². The molecule has 0 saturated carbocycles. The lowest BCUT2D eigenvalue weighted by Gasteiger charge is -2.17. The quantitative estimate of drug-likeness (QED) is 0.884. The zero-order valence-electron chi connectivity index (χ0n) is 13.4. The van der Waals surface area contributed by atoms with E-state index in [-0.39, 0.29) is 11.9 Å². The van der Waals surface area contributed by atoms with Crippen molar-refractivity contribution in [1.29, 1.82) is 0 Å². The second-order valence-electron chi connectivity index (χ2n) is 5.41. The Labute approximate surface area is 131 Å². The Hall–Kier alpha value is -2.49. The van der Waals surface area contributed by atoms with Gasteiger partial charge in [-0.15, -0.1) is 0 Å². The van der Waals surface area contributed by atoms with Gasteiger partial charge in [0.1, 0.15) is 11.8 Å². The summed E-state index contributed by atoms with van der Waals surface area (Å²) < 4.78 is 5.18. The van der Waals surface area contributed by atoms with E-state index in [1.54, 1.807) is 7.11 Å². The Bertz CT molecular complexity index is 668. The summed E-state index contributed by atoms with van der Waals surface area (Å²) in [6.07, 6.45) is 0. The molecule has 1 atom stereocenters. The van der Waals surface area contributed by atoms with E-state index >= 15 is 0 Å². The monoisotopic (exact) mass is 298 g/mol. The van der Waals surface area contributed by atoms with Crippen LogP contribution in [0.25, 0.3) is 0 Å². The number of methoxy groups -OCH3 is 1. The van der Waals surface area contributed by atoms with Crippen molar-refractivity contribution < 1.29 is 9.53 Å². The SMILES string of the molecule is COc1cccc(NC(C)C(=O)Nc2cc(C)ccc2C)c1. The molecule has 2 aromatic rings. The first kappa shape index (κ1) is 15.9. The maximum absolute atomic E-state index is 12.3. The van der Waals surface area contributed by atoms with Crippen LogP contribution in [-0.4, -0.2) is 19.1 Å². The minimum absolute atomic E-state index is 0.0727. The number of carbonyl (C=O) groups is 1. The number of nitrogens with one attached hydrogen (secondary N) is 2. The van der Waals surface area contributed by atoms with Gasteiger partial charge in [0.15, 0.2) is 0 Å². The van der Waals surface area contributed by atoms with Gasteiger partial charge >= 0.3 is 0 Å². The van der Waals surface area contributed by atoms with Crippen LogP contribution < -0.4 is 15.4 Å². The number of amides is 1. The van der Waals surface area contributed by atoms with E-state index in [4.69, 9.17) is 4.74 Å². The van der Waals surface area contributed by atoms with Crippen LogP contribution in [0.15, 0.2) is 42.5 Å². The van der Waals surface area contributed by atoms with Gasteiger partial charge in [-0.05, 0) is 50.1 Å². The van der Waals surface area contributed by atoms with Crippen molar-refractivity contribution in [3.05, 3.63) is 53.6 Å². The largest absolute Gasteiger partial charge is 0.497 e. The third-order valence-corrected chi connectivity index (χ3v) is 3.50. The maximum atomic E-state index is 12.3. The predicted octanol–water partition coefficient (Wildman–Crippen LogP) is 3.75. The van der Waals surface area contributed by atoms with E-state index in [1.165, 1.54) is 0 Å². The molecule has 0 aromatic heterocycles. The fourth-order valence-electron chi connectivity index (χ4n) is 2.14. The Morgan fingerprint density at radius 1 is 1.14 bits per heavy atom. The van der Waals surface area contributed by atoms with Crippen LogP contribution in [0.3, 0.4) is 0 Å². The van der Waals surface area contributed by atoms with Crippen molar-refractivity contribution in [1.82, 2.24) is 0 Å². The van der Waals surface area contributed by atoms with Gasteiger partial charge in [0, 0.05) is 17.4 Å². The summed E-state index contributed by atoms with van der Waals surface area (Å²) in [5, 5.41) is 6.15. The highest BCUT2D eigenvalue weighted by atomic mass is 16.5. The van der Waals surface area contributed by atoms with Crippen LogP contribution >= 0.6 is 0 Å². The summed E-state index contributed by atoms with van der Waals surface area (Å²) in [5.41, 5.74) is 3.87. The minimum Gasteiger partial charge on any atom is -0.497 e. The molecule has 0 fully saturated rings. The summed E-state index contributed by atoms with van der Waals surface area (Å²) in [6.45, 7) is 5.82. The lowest BCUT2D eigenvalue weighted by Crippen LogP contribution is -2.32. The molecular formula is C18H22N2O2. The highest BCUT2D eigenvalue weighted by Gasteiger charge is 2.14. The molecule has 1 unspecified atom stereocenters. The van der Waals surface area contributed by atoms with Crippen molar-refractivity contribution in [2.24, 2.45) is 0 Å². The average Bonchev–Trinajstić information content (AvgIpc) is 2.51. The summed E-state index contributed by atoms with van der Waals surface area (Å²) in [5.74, 6) is 0.684. The molecule has 22 heavy (non-hydrogen) atoms. The van der Waals surface area contributed by atoms with Crippen LogP contribution in [0.5, 0.6) is 5.75 Å². The van der Waals surface area contributed by atoms with Crippen LogP contribution in [0.1, 0.15) is 18.1 Å². The van der Waals surface area contributed by atoms with E-state index in [2.05, 4.69) is 10.6 Å². The van der Waals surface area contributed by atoms with Crippen LogP contribution in [0.2, 0.25) is 0 Å². The maximum Gasteiger partial charge on any atom is 0.246 e. The molecule has 1 amide bonds. The number of hydrogen-bond donors (Lipinski definition) is 2. The van der Waals surface area contributed by atoms with Gasteiger partial charge in [-0.25, -0.2) is 0 Å². The fourth-order valence-corrected chi connectivity index (χ4v) is 2.14. The number of aryl methyl sites for hydroxylation is 2. The predicted molar refractivity (Wildman–Crippen MR) is 90.6 cm³/mol. The lowest BCUT2D eigenvalue weighted by molar-refractivity contribution is -0.116. The van der Waals surface area contributed by atoms with E-state index in [9.17, 15) is 4.79 Å². The molecule has 4 nitrogen and oxygen atoms in total. The number of anilines is 2. The van der Waals surface area contributed by atoms with Crippen molar-refractivity contribution in [3.63, 3.8) is 0 Å². The molecule has 2 N–H and O–H groups in total. The normalized spacial score (nSPS) is 11.6. The molecule has 4 heteroatoms. The minimum atomic E-state index is -0.355. The zero-order chi connectivity index (χ0) is 16.1. The molecule has 0 bridgehead atoms. The Morgan fingerprint density at radius 2 is 1.91 bits per heavy atom. The Kier molecular flexibility index (Phi) is 5.04. The smallest absolute Gasteiger partial charge is 0.246 e. The molecule has 0 aliphatic heterocycles. The summed E-state index contributed by atoms with van der Waals surface area (Å²) >= 11 is 0. The van der Waals surface area contributed by atoms with E-state index in [1.807, 2.05) is 63.2 Å². The average molecular weight is 298 g/mol. The third kappa shape index (κ3) is 4.01. The van der Waals surface area contributed by atoms with Gasteiger partial charge in [-0.2, -0.15) is 0 Å². The fraction of sp³-hybridized carbons (Fsp3) is 0.278. The molecule has 2 aromatic carbocycles. The highest BCUT2D eigenvalue weighted by molar-refractivity contribution is 5.96. The molecule has 0 radical (unpaired) electrons. The van der Waals surface area contributed by atoms with Crippen LogP contribution in [-0.2, 0) is 4.79 Å². The van der Waals surface area contributed by atoms with Crippen molar-refractivity contribution in [2.75, 3.05) is 17.7 Å². The molecule has 0 aliphatic rings. The Balaban J connectivity index is 2.04. The highest BCUT2D eigenvalue weighted by Crippen LogP contribution is 2.19. The van der Waals surface area contributed by atoms with Crippen LogP contribution in [0.4, 0.5) is 11.4 Å². The van der Waals surface area contributed by atoms with E-state index < -0.39 is 0 Å². The molecule has 116 valence electrons. The van der Waals surface area contributed by atoms with Gasteiger partial charge in [-0.1, -0.05) is 18.2 Å². The summed E-state index contributed by atoms with van der Waals surface area (Å²) in [7, 11) is 1.62. The molecule has 0 heterocycles. The topological polar surface area (TPSA) is 50.4 Å². The second-order valence-corrected chi connectivity index (χ2v) is 5.41.